The number of hydrogen-bond donors (Lipinski definition) is 1. The molecule has 0 saturated heterocycles. The maximum Gasteiger partial charge on any atom is 0.423 e. The molecule has 0 fully saturated rings. The summed E-state index contributed by atoms with van der Waals surface area (Å²) in [5, 5.41) is 18.4. The number of aliphatic hydroxyl groups is 1. The highest BCUT2D eigenvalue weighted by atomic mass is 19.4. The molecular formula is C23H21F3N4O. The van der Waals surface area contributed by atoms with Crippen LogP contribution >= 0.6 is 0 Å². The standard InChI is InChI=1S/C23H21F3N4O/c1-3-22(31,23(24,25)26)21-14-30(29-28-21)13-16-6-9-19-18(10-11-27-20(19)12-16)17-7-4-15(2)5-8-17/h4-12,14,31H,3,13H2,1-2H3. The molecule has 1 atom stereocenters. The first kappa shape index (κ1) is 21.0. The first-order chi connectivity index (χ1) is 14.7. The first-order valence-corrected chi connectivity index (χ1v) is 9.85. The minimum atomic E-state index is -4.83. The molecule has 2 heterocycles. The van der Waals surface area contributed by atoms with E-state index < -0.39 is 23.9 Å². The molecule has 0 saturated carbocycles. The van der Waals surface area contributed by atoms with E-state index in [1.807, 2.05) is 31.2 Å². The van der Waals surface area contributed by atoms with E-state index >= 15 is 0 Å². The number of halogens is 3. The molecule has 4 rings (SSSR count). The molecular weight excluding hydrogens is 405 g/mol. The Balaban J connectivity index is 1.64. The summed E-state index contributed by atoms with van der Waals surface area (Å²) in [7, 11) is 0. The van der Waals surface area contributed by atoms with Gasteiger partial charge < -0.3 is 5.11 Å². The Kier molecular flexibility index (Phi) is 5.26. The number of hydrogen-bond acceptors (Lipinski definition) is 4. The average Bonchev–Trinajstić information content (AvgIpc) is 3.21. The summed E-state index contributed by atoms with van der Waals surface area (Å²) in [5.41, 5.74) is 1.37. The van der Waals surface area contributed by atoms with Crippen LogP contribution in [0.1, 0.15) is 30.2 Å². The molecule has 0 aliphatic heterocycles. The molecule has 0 aliphatic rings. The summed E-state index contributed by atoms with van der Waals surface area (Å²) in [5.74, 6) is 0. The van der Waals surface area contributed by atoms with Gasteiger partial charge in [0.15, 0.2) is 0 Å². The zero-order valence-electron chi connectivity index (χ0n) is 17.1. The molecule has 5 nitrogen and oxygen atoms in total. The van der Waals surface area contributed by atoms with Gasteiger partial charge in [0, 0.05) is 11.6 Å². The Labute approximate surface area is 177 Å². The largest absolute Gasteiger partial charge is 0.423 e. The quantitative estimate of drug-likeness (QED) is 0.487. The van der Waals surface area contributed by atoms with Gasteiger partial charge in [-0.05, 0) is 42.2 Å². The van der Waals surface area contributed by atoms with Crippen LogP contribution in [-0.4, -0.2) is 31.3 Å². The summed E-state index contributed by atoms with van der Waals surface area (Å²) < 4.78 is 41.1. The van der Waals surface area contributed by atoms with Crippen molar-refractivity contribution in [2.45, 2.75) is 38.6 Å². The van der Waals surface area contributed by atoms with Crippen LogP contribution in [0.25, 0.3) is 22.0 Å². The number of alkyl halides is 3. The van der Waals surface area contributed by atoms with E-state index in [4.69, 9.17) is 0 Å². The van der Waals surface area contributed by atoms with Crippen LogP contribution in [0.3, 0.4) is 0 Å². The lowest BCUT2D eigenvalue weighted by molar-refractivity contribution is -0.269. The maximum atomic E-state index is 13.3. The van der Waals surface area contributed by atoms with Crippen molar-refractivity contribution in [1.29, 1.82) is 0 Å². The predicted octanol–water partition coefficient (Wildman–Crippen LogP) is 5.01. The Morgan fingerprint density at radius 1 is 1.03 bits per heavy atom. The molecule has 2 aromatic heterocycles. The van der Waals surface area contributed by atoms with Gasteiger partial charge >= 0.3 is 6.18 Å². The number of nitrogens with zero attached hydrogens (tertiary/aromatic N) is 4. The van der Waals surface area contributed by atoms with Crippen molar-refractivity contribution >= 4 is 10.9 Å². The van der Waals surface area contributed by atoms with E-state index in [1.165, 1.54) is 17.2 Å². The van der Waals surface area contributed by atoms with E-state index in [-0.39, 0.29) is 6.54 Å². The second-order valence-corrected chi connectivity index (χ2v) is 7.59. The molecule has 160 valence electrons. The molecule has 31 heavy (non-hydrogen) atoms. The Bertz CT molecular complexity index is 1220. The number of aryl methyl sites for hydroxylation is 1. The predicted molar refractivity (Wildman–Crippen MR) is 111 cm³/mol. The molecule has 1 unspecified atom stereocenters. The van der Waals surface area contributed by atoms with Crippen molar-refractivity contribution in [3.8, 4) is 11.1 Å². The highest BCUT2D eigenvalue weighted by Crippen LogP contribution is 2.40. The van der Waals surface area contributed by atoms with E-state index in [9.17, 15) is 18.3 Å². The van der Waals surface area contributed by atoms with Crippen LogP contribution in [0.5, 0.6) is 0 Å². The average molecular weight is 426 g/mol. The zero-order valence-corrected chi connectivity index (χ0v) is 17.1. The molecule has 4 aromatic rings. The molecule has 8 heteroatoms. The van der Waals surface area contributed by atoms with E-state index in [2.05, 4.69) is 39.6 Å². The third-order valence-electron chi connectivity index (χ3n) is 5.46. The van der Waals surface area contributed by atoms with Crippen LogP contribution in [0.15, 0.2) is 60.9 Å². The van der Waals surface area contributed by atoms with Gasteiger partial charge in [-0.2, -0.15) is 13.2 Å². The second-order valence-electron chi connectivity index (χ2n) is 7.59. The minimum absolute atomic E-state index is 0.205. The van der Waals surface area contributed by atoms with Crippen LogP contribution in [-0.2, 0) is 12.1 Å². The van der Waals surface area contributed by atoms with Crippen LogP contribution in [0, 0.1) is 6.92 Å². The van der Waals surface area contributed by atoms with Gasteiger partial charge in [0.25, 0.3) is 0 Å². The first-order valence-electron chi connectivity index (χ1n) is 9.85. The zero-order chi connectivity index (χ0) is 22.2. The normalized spacial score (nSPS) is 14.0. The van der Waals surface area contributed by atoms with Crippen LogP contribution in [0.4, 0.5) is 13.2 Å². The third kappa shape index (κ3) is 3.90. The van der Waals surface area contributed by atoms with Crippen molar-refractivity contribution in [1.82, 2.24) is 20.0 Å². The van der Waals surface area contributed by atoms with Gasteiger partial charge in [-0.15, -0.1) is 5.10 Å². The van der Waals surface area contributed by atoms with Crippen LogP contribution < -0.4 is 0 Å². The van der Waals surface area contributed by atoms with E-state index in [0.717, 1.165) is 33.8 Å². The van der Waals surface area contributed by atoms with Crippen molar-refractivity contribution < 1.29 is 18.3 Å². The minimum Gasteiger partial charge on any atom is -0.375 e. The van der Waals surface area contributed by atoms with E-state index in [1.54, 1.807) is 6.20 Å². The van der Waals surface area contributed by atoms with Crippen molar-refractivity contribution in [3.63, 3.8) is 0 Å². The lowest BCUT2D eigenvalue weighted by atomic mass is 9.96. The fraction of sp³-hybridized carbons (Fsp3) is 0.261. The smallest absolute Gasteiger partial charge is 0.375 e. The second kappa shape index (κ2) is 7.77. The topological polar surface area (TPSA) is 63.8 Å². The van der Waals surface area contributed by atoms with Gasteiger partial charge in [-0.25, -0.2) is 4.68 Å². The summed E-state index contributed by atoms with van der Waals surface area (Å²) in [6.07, 6.45) is -2.50. The number of benzene rings is 2. The lowest BCUT2D eigenvalue weighted by Crippen LogP contribution is -2.42. The summed E-state index contributed by atoms with van der Waals surface area (Å²) in [6, 6.07) is 15.9. The number of fused-ring (bicyclic) bond motifs is 1. The van der Waals surface area contributed by atoms with Gasteiger partial charge in [0.1, 0.15) is 5.69 Å². The lowest BCUT2D eigenvalue weighted by Gasteiger charge is -2.26. The molecule has 0 amide bonds. The van der Waals surface area contributed by atoms with Gasteiger partial charge in [-0.3, -0.25) is 4.98 Å². The number of aromatic nitrogens is 4. The van der Waals surface area contributed by atoms with Gasteiger partial charge in [-0.1, -0.05) is 54.1 Å². The fourth-order valence-corrected chi connectivity index (χ4v) is 3.56. The summed E-state index contributed by atoms with van der Waals surface area (Å²) in [4.78, 5) is 4.44. The SMILES string of the molecule is CCC(O)(c1cn(Cc2ccc3c(-c4ccc(C)cc4)ccnc3c2)nn1)C(F)(F)F. The molecule has 0 bridgehead atoms. The Morgan fingerprint density at radius 2 is 1.77 bits per heavy atom. The number of rotatable bonds is 5. The molecule has 0 radical (unpaired) electrons. The third-order valence-corrected chi connectivity index (χ3v) is 5.46. The van der Waals surface area contributed by atoms with Crippen molar-refractivity contribution in [2.75, 3.05) is 0 Å². The molecule has 0 spiro atoms. The highest BCUT2D eigenvalue weighted by Gasteiger charge is 2.55. The van der Waals surface area contributed by atoms with Crippen molar-refractivity contribution in [2.24, 2.45) is 0 Å². The van der Waals surface area contributed by atoms with Gasteiger partial charge in [0.05, 0.1) is 18.3 Å². The molecule has 0 aliphatic carbocycles. The maximum absolute atomic E-state index is 13.3. The molecule has 2 aromatic carbocycles. The monoisotopic (exact) mass is 426 g/mol. The fourth-order valence-electron chi connectivity index (χ4n) is 3.56. The van der Waals surface area contributed by atoms with E-state index in [0.29, 0.717) is 0 Å². The van der Waals surface area contributed by atoms with Crippen LogP contribution in [0.2, 0.25) is 0 Å². The molecule has 1 N–H and O–H groups in total. The Morgan fingerprint density at radius 3 is 2.45 bits per heavy atom. The Hall–Kier alpha value is -3.26. The number of pyridine rings is 1. The van der Waals surface area contributed by atoms with Gasteiger partial charge in [0.2, 0.25) is 5.60 Å². The summed E-state index contributed by atoms with van der Waals surface area (Å²) >= 11 is 0. The summed E-state index contributed by atoms with van der Waals surface area (Å²) in [6.45, 7) is 3.50. The highest BCUT2D eigenvalue weighted by molar-refractivity contribution is 5.94. The van der Waals surface area contributed by atoms with Crippen molar-refractivity contribution in [3.05, 3.63) is 77.7 Å².